The molecule has 24 heavy (non-hydrogen) atoms. The summed E-state index contributed by atoms with van der Waals surface area (Å²) in [5, 5.41) is 1.03. The Labute approximate surface area is 142 Å². The van der Waals surface area contributed by atoms with Gasteiger partial charge >= 0.3 is 0 Å². The molecule has 0 N–H and O–H groups in total. The van der Waals surface area contributed by atoms with Crippen molar-refractivity contribution >= 4 is 16.9 Å². The average molecular weight is 322 g/mol. The molecular weight excluding hydrogens is 300 g/mol. The van der Waals surface area contributed by atoms with Crippen LogP contribution in [0.15, 0.2) is 47.2 Å². The maximum absolute atomic E-state index is 12.5. The number of nitrogens with zero attached hydrogens (tertiary/aromatic N) is 2. The standard InChI is InChI=1S/C20H22N2O2/c1-14-7-8-18-16(13-24-20(18)15(14)2)12-19(23)22(3)11-9-17-6-4-5-10-21-17/h4-8,10,13H,9,11-12H2,1-3H3. The van der Waals surface area contributed by atoms with Crippen molar-refractivity contribution in [1.29, 1.82) is 0 Å². The van der Waals surface area contributed by atoms with Crippen LogP contribution >= 0.6 is 0 Å². The number of likely N-dealkylation sites (N-methyl/N-ethyl adjacent to an activating group) is 1. The Morgan fingerprint density at radius 2 is 2.04 bits per heavy atom. The van der Waals surface area contributed by atoms with Gasteiger partial charge in [-0.1, -0.05) is 18.2 Å². The molecule has 0 aliphatic carbocycles. The second kappa shape index (κ2) is 6.87. The molecule has 0 saturated heterocycles. The summed E-state index contributed by atoms with van der Waals surface area (Å²) in [6.07, 6.45) is 4.60. The van der Waals surface area contributed by atoms with Gasteiger partial charge in [-0.25, -0.2) is 0 Å². The van der Waals surface area contributed by atoms with Crippen molar-refractivity contribution in [3.63, 3.8) is 0 Å². The van der Waals surface area contributed by atoms with Crippen LogP contribution < -0.4 is 0 Å². The highest BCUT2D eigenvalue weighted by molar-refractivity contribution is 5.89. The van der Waals surface area contributed by atoms with E-state index in [1.165, 1.54) is 5.56 Å². The zero-order chi connectivity index (χ0) is 17.1. The first-order chi connectivity index (χ1) is 11.6. The van der Waals surface area contributed by atoms with Crippen molar-refractivity contribution in [2.24, 2.45) is 0 Å². The number of furan rings is 1. The number of aromatic nitrogens is 1. The van der Waals surface area contributed by atoms with Gasteiger partial charge in [-0.05, 0) is 37.1 Å². The Morgan fingerprint density at radius 3 is 2.79 bits per heavy atom. The molecule has 0 atom stereocenters. The Balaban J connectivity index is 1.67. The Bertz CT molecular complexity index is 853. The fourth-order valence-electron chi connectivity index (χ4n) is 2.78. The molecular formula is C20H22N2O2. The molecule has 0 aliphatic heterocycles. The Kier molecular flexibility index (Phi) is 4.65. The number of hydrogen-bond acceptors (Lipinski definition) is 3. The van der Waals surface area contributed by atoms with Crippen LogP contribution in [-0.4, -0.2) is 29.4 Å². The minimum absolute atomic E-state index is 0.0897. The fourth-order valence-corrected chi connectivity index (χ4v) is 2.78. The van der Waals surface area contributed by atoms with Gasteiger partial charge < -0.3 is 9.32 Å². The molecule has 3 rings (SSSR count). The van der Waals surface area contributed by atoms with E-state index in [4.69, 9.17) is 4.42 Å². The number of hydrogen-bond donors (Lipinski definition) is 0. The van der Waals surface area contributed by atoms with Gasteiger partial charge in [-0.3, -0.25) is 9.78 Å². The van der Waals surface area contributed by atoms with Crippen LogP contribution in [0, 0.1) is 13.8 Å². The smallest absolute Gasteiger partial charge is 0.226 e. The lowest BCUT2D eigenvalue weighted by molar-refractivity contribution is -0.129. The van der Waals surface area contributed by atoms with Crippen LogP contribution in [-0.2, 0) is 17.6 Å². The highest BCUT2D eigenvalue weighted by Crippen LogP contribution is 2.27. The number of amides is 1. The lowest BCUT2D eigenvalue weighted by Gasteiger charge is -2.16. The third-order valence-corrected chi connectivity index (χ3v) is 4.54. The van der Waals surface area contributed by atoms with E-state index in [2.05, 4.69) is 18.0 Å². The number of carbonyl (C=O) groups excluding carboxylic acids is 1. The van der Waals surface area contributed by atoms with Crippen LogP contribution in [0.2, 0.25) is 0 Å². The summed E-state index contributed by atoms with van der Waals surface area (Å²) >= 11 is 0. The van der Waals surface area contributed by atoms with E-state index in [0.29, 0.717) is 13.0 Å². The van der Waals surface area contributed by atoms with Crippen molar-refractivity contribution in [3.05, 3.63) is 65.2 Å². The van der Waals surface area contributed by atoms with Crippen molar-refractivity contribution < 1.29 is 9.21 Å². The number of fused-ring (bicyclic) bond motifs is 1. The lowest BCUT2D eigenvalue weighted by atomic mass is 10.0. The van der Waals surface area contributed by atoms with Crippen molar-refractivity contribution in [1.82, 2.24) is 9.88 Å². The summed E-state index contributed by atoms with van der Waals surface area (Å²) in [5.41, 5.74) is 5.16. The predicted octanol–water partition coefficient (Wildman–Crippen LogP) is 3.69. The minimum atomic E-state index is 0.0897. The van der Waals surface area contributed by atoms with Crippen molar-refractivity contribution in [3.8, 4) is 0 Å². The van der Waals surface area contributed by atoms with Crippen LogP contribution in [0.4, 0.5) is 0 Å². The maximum Gasteiger partial charge on any atom is 0.226 e. The third kappa shape index (κ3) is 3.32. The maximum atomic E-state index is 12.5. The second-order valence-corrected chi connectivity index (χ2v) is 6.21. The fraction of sp³-hybridized carbons (Fsp3) is 0.300. The highest BCUT2D eigenvalue weighted by atomic mass is 16.3. The SMILES string of the molecule is Cc1ccc2c(CC(=O)N(C)CCc3ccccn3)coc2c1C. The average Bonchev–Trinajstić information content (AvgIpc) is 3.00. The van der Waals surface area contributed by atoms with Crippen LogP contribution in [0.1, 0.15) is 22.4 Å². The summed E-state index contributed by atoms with van der Waals surface area (Å²) < 4.78 is 5.69. The number of carbonyl (C=O) groups is 1. The molecule has 2 aromatic heterocycles. The van der Waals surface area contributed by atoms with Crippen LogP contribution in [0.5, 0.6) is 0 Å². The Hall–Kier alpha value is -2.62. The minimum Gasteiger partial charge on any atom is -0.464 e. The van der Waals surface area contributed by atoms with Gasteiger partial charge in [-0.2, -0.15) is 0 Å². The number of benzene rings is 1. The predicted molar refractivity (Wildman–Crippen MR) is 95.0 cm³/mol. The van der Waals surface area contributed by atoms with E-state index < -0.39 is 0 Å². The molecule has 0 fully saturated rings. The summed E-state index contributed by atoms with van der Waals surface area (Å²) in [5.74, 6) is 0.0897. The van der Waals surface area contributed by atoms with Gasteiger partial charge in [-0.15, -0.1) is 0 Å². The largest absolute Gasteiger partial charge is 0.464 e. The molecule has 4 heteroatoms. The molecule has 0 aliphatic rings. The number of aryl methyl sites for hydroxylation is 2. The summed E-state index contributed by atoms with van der Waals surface area (Å²) in [7, 11) is 1.84. The van der Waals surface area contributed by atoms with E-state index in [0.717, 1.165) is 34.2 Å². The first-order valence-corrected chi connectivity index (χ1v) is 8.16. The quantitative estimate of drug-likeness (QED) is 0.720. The van der Waals surface area contributed by atoms with Gasteiger partial charge in [0.05, 0.1) is 12.7 Å². The van der Waals surface area contributed by atoms with Gasteiger partial charge in [0.25, 0.3) is 0 Å². The van der Waals surface area contributed by atoms with E-state index in [1.807, 2.05) is 38.2 Å². The van der Waals surface area contributed by atoms with Crippen molar-refractivity contribution in [2.75, 3.05) is 13.6 Å². The first-order valence-electron chi connectivity index (χ1n) is 8.16. The molecule has 2 heterocycles. The molecule has 0 unspecified atom stereocenters. The van der Waals surface area contributed by atoms with E-state index in [1.54, 1.807) is 17.4 Å². The second-order valence-electron chi connectivity index (χ2n) is 6.21. The summed E-state index contributed by atoms with van der Waals surface area (Å²) in [4.78, 5) is 18.5. The molecule has 0 bridgehead atoms. The number of rotatable bonds is 5. The molecule has 0 spiro atoms. The summed E-state index contributed by atoms with van der Waals surface area (Å²) in [6.45, 7) is 4.77. The van der Waals surface area contributed by atoms with Crippen LogP contribution in [0.3, 0.4) is 0 Å². The molecule has 124 valence electrons. The number of pyridine rings is 1. The van der Waals surface area contributed by atoms with E-state index in [-0.39, 0.29) is 5.91 Å². The molecule has 0 radical (unpaired) electrons. The lowest BCUT2D eigenvalue weighted by Crippen LogP contribution is -2.30. The van der Waals surface area contributed by atoms with E-state index in [9.17, 15) is 4.79 Å². The summed E-state index contributed by atoms with van der Waals surface area (Å²) in [6, 6.07) is 9.95. The molecule has 1 amide bonds. The van der Waals surface area contributed by atoms with E-state index >= 15 is 0 Å². The van der Waals surface area contributed by atoms with Crippen molar-refractivity contribution in [2.45, 2.75) is 26.7 Å². The third-order valence-electron chi connectivity index (χ3n) is 4.54. The monoisotopic (exact) mass is 322 g/mol. The Morgan fingerprint density at radius 1 is 1.21 bits per heavy atom. The zero-order valence-electron chi connectivity index (χ0n) is 14.4. The van der Waals surface area contributed by atoms with Gasteiger partial charge in [0.15, 0.2) is 0 Å². The zero-order valence-corrected chi connectivity index (χ0v) is 14.4. The highest BCUT2D eigenvalue weighted by Gasteiger charge is 2.15. The molecule has 4 nitrogen and oxygen atoms in total. The molecule has 0 saturated carbocycles. The topological polar surface area (TPSA) is 46.3 Å². The first kappa shape index (κ1) is 16.2. The van der Waals surface area contributed by atoms with Gasteiger partial charge in [0, 0.05) is 42.9 Å². The normalized spacial score (nSPS) is 11.0. The molecule has 1 aromatic carbocycles. The van der Waals surface area contributed by atoms with Gasteiger partial charge in [0.2, 0.25) is 5.91 Å². The van der Waals surface area contributed by atoms with Crippen LogP contribution in [0.25, 0.3) is 11.0 Å². The molecule has 3 aromatic rings. The van der Waals surface area contributed by atoms with Gasteiger partial charge in [0.1, 0.15) is 5.58 Å².